The van der Waals surface area contributed by atoms with Gasteiger partial charge in [-0.3, -0.25) is 24.1 Å². The molecule has 64 heavy (non-hydrogen) atoms. The lowest BCUT2D eigenvalue weighted by Gasteiger charge is -2.46. The van der Waals surface area contributed by atoms with Crippen LogP contribution in [0.25, 0.3) is 10.9 Å². The van der Waals surface area contributed by atoms with E-state index in [0.29, 0.717) is 74.4 Å². The molecule has 4 aliphatic rings. The molecule has 1 unspecified atom stereocenters. The second-order valence-corrected chi connectivity index (χ2v) is 17.6. The van der Waals surface area contributed by atoms with Crippen LogP contribution in [0.1, 0.15) is 71.6 Å². The number of fused-ring (bicyclic) bond motifs is 4. The van der Waals surface area contributed by atoms with Crippen molar-refractivity contribution in [3.05, 3.63) is 147 Å². The first-order valence-electron chi connectivity index (χ1n) is 22.4. The second kappa shape index (κ2) is 20.0. The van der Waals surface area contributed by atoms with E-state index in [1.54, 1.807) is 35.2 Å². The molecule has 332 valence electrons. The van der Waals surface area contributed by atoms with Gasteiger partial charge in [-0.1, -0.05) is 72.8 Å². The minimum Gasteiger partial charge on any atom is -0.506 e. The number of benzene rings is 4. The van der Waals surface area contributed by atoms with Crippen LogP contribution >= 0.6 is 0 Å². The highest BCUT2D eigenvalue weighted by atomic mass is 16.5. The van der Waals surface area contributed by atoms with Crippen LogP contribution in [-0.2, 0) is 43.9 Å². The van der Waals surface area contributed by atoms with E-state index in [4.69, 9.17) is 4.74 Å². The Morgan fingerprint density at radius 3 is 2.33 bits per heavy atom. The number of pyridine rings is 1. The number of ether oxygens (including phenoxy) is 1. The highest BCUT2D eigenvalue weighted by Crippen LogP contribution is 2.39. The Balaban J connectivity index is 0.851. The average Bonchev–Trinajstić information content (AvgIpc) is 3.32. The van der Waals surface area contributed by atoms with Crippen molar-refractivity contribution in [3.63, 3.8) is 0 Å². The molecule has 2 bridgehead atoms. The zero-order chi connectivity index (χ0) is 44.6. The van der Waals surface area contributed by atoms with Gasteiger partial charge in [0.2, 0.25) is 17.4 Å². The van der Waals surface area contributed by atoms with E-state index < -0.39 is 11.5 Å². The number of piperidine rings is 4. The van der Waals surface area contributed by atoms with Crippen molar-refractivity contribution in [3.8, 4) is 11.8 Å². The first-order valence-corrected chi connectivity index (χ1v) is 22.4. The molecular formula is C51H56N6O7. The number of phenols is 1. The third kappa shape index (κ3) is 10.2. The molecule has 4 aliphatic heterocycles. The van der Waals surface area contributed by atoms with Gasteiger partial charge in [0.05, 0.1) is 41.5 Å². The quantitative estimate of drug-likeness (QED) is 0.0768. The summed E-state index contributed by atoms with van der Waals surface area (Å²) in [5.74, 6) is 0.0808. The smallest absolute Gasteiger partial charge is 0.317 e. The molecule has 2 atom stereocenters. The van der Waals surface area contributed by atoms with Crippen molar-refractivity contribution in [1.29, 1.82) is 5.26 Å². The third-order valence-corrected chi connectivity index (χ3v) is 13.4. The van der Waals surface area contributed by atoms with Crippen molar-refractivity contribution in [1.82, 2.24) is 25.0 Å². The number of aromatic amines is 1. The Bertz CT molecular complexity index is 2540. The van der Waals surface area contributed by atoms with E-state index >= 15 is 0 Å². The number of phenolic OH excluding ortho intramolecular Hbond substituents is 1. The van der Waals surface area contributed by atoms with E-state index in [0.717, 1.165) is 54.7 Å². The van der Waals surface area contributed by atoms with E-state index in [-0.39, 0.29) is 60.1 Å². The molecule has 13 heteroatoms. The lowest BCUT2D eigenvalue weighted by molar-refractivity contribution is -0.168. The lowest BCUT2D eigenvalue weighted by Crippen LogP contribution is -2.55. The normalized spacial score (nSPS) is 19.4. The Hall–Kier alpha value is -6.33. The van der Waals surface area contributed by atoms with Gasteiger partial charge in [0.15, 0.2) is 0 Å². The van der Waals surface area contributed by atoms with Gasteiger partial charge in [-0.2, -0.15) is 5.26 Å². The van der Waals surface area contributed by atoms with E-state index in [2.05, 4.69) is 21.3 Å². The van der Waals surface area contributed by atoms with E-state index in [1.165, 1.54) is 12.1 Å². The Morgan fingerprint density at radius 1 is 0.891 bits per heavy atom. The van der Waals surface area contributed by atoms with Crippen LogP contribution in [0.3, 0.4) is 0 Å². The predicted octanol–water partition coefficient (Wildman–Crippen LogP) is 5.13. The largest absolute Gasteiger partial charge is 0.506 e. The van der Waals surface area contributed by atoms with Crippen LogP contribution in [0.4, 0.5) is 0 Å². The number of likely N-dealkylation sites (tertiary alicyclic amines) is 1. The molecule has 4 saturated heterocycles. The molecule has 5 aromatic rings. The molecule has 4 aromatic carbocycles. The van der Waals surface area contributed by atoms with Crippen molar-refractivity contribution >= 4 is 28.7 Å². The maximum Gasteiger partial charge on any atom is 0.317 e. The number of aromatic nitrogens is 1. The average molecular weight is 865 g/mol. The summed E-state index contributed by atoms with van der Waals surface area (Å²) in [7, 11) is 0. The number of H-pyrrole nitrogens is 1. The number of amides is 2. The fourth-order valence-electron chi connectivity index (χ4n) is 9.69. The molecule has 2 amide bonds. The van der Waals surface area contributed by atoms with Gasteiger partial charge in [0.1, 0.15) is 11.9 Å². The Kier molecular flexibility index (Phi) is 13.9. The van der Waals surface area contributed by atoms with Crippen LogP contribution in [-0.4, -0.2) is 106 Å². The summed E-state index contributed by atoms with van der Waals surface area (Å²) >= 11 is 0. The van der Waals surface area contributed by atoms with Crippen molar-refractivity contribution in [2.45, 2.75) is 69.1 Å². The molecule has 4 N–H and O–H groups in total. The fraction of sp³-hybridized carbons (Fsp3) is 0.392. The molecular weight excluding hydrogens is 809 g/mol. The second-order valence-electron chi connectivity index (χ2n) is 17.6. The first kappa shape index (κ1) is 44.3. The number of hydrogen-bond donors (Lipinski definition) is 4. The molecule has 4 fully saturated rings. The molecule has 9 rings (SSSR count). The summed E-state index contributed by atoms with van der Waals surface area (Å²) < 4.78 is 6.33. The predicted molar refractivity (Wildman–Crippen MR) is 242 cm³/mol. The number of hydrogen-bond acceptors (Lipinski definition) is 10. The van der Waals surface area contributed by atoms with Gasteiger partial charge in [-0.15, -0.1) is 0 Å². The maximum absolute atomic E-state index is 14.1. The van der Waals surface area contributed by atoms with Crippen LogP contribution < -0.4 is 10.9 Å². The minimum absolute atomic E-state index is 0.00379. The van der Waals surface area contributed by atoms with Gasteiger partial charge in [0.25, 0.3) is 0 Å². The number of nitrogens with zero attached hydrogens (tertiary/aromatic N) is 4. The topological polar surface area (TPSA) is 179 Å². The standard InChI is InChI=1S/C51H56N6O7/c52-31-37-6-4-7-38(28-37)33-57(23-5-22-53-32-44(59)41-14-16-43(58)49-42(41)15-17-46(60)54-49)48(62)30-36-12-10-35(11-13-36)29-47(61)56-26-20-51(21-27-56,40-8-2-1-3-9-40)50(63)64-45-34-55-24-18-39(45)19-25-55/h1-4,6-17,28,39,44-45,53,58-59H,5,18-27,29-30,32-34H2,(H,54,60)/t44?,45-/m0/s1. The number of carbonyl (C=O) groups is 3. The number of carbonyl (C=O) groups excluding carboxylic acids is 3. The van der Waals surface area contributed by atoms with Crippen molar-refractivity contribution in [2.75, 3.05) is 52.4 Å². The molecule has 0 saturated carbocycles. The van der Waals surface area contributed by atoms with Crippen molar-refractivity contribution in [2.24, 2.45) is 5.92 Å². The van der Waals surface area contributed by atoms with Gasteiger partial charge in [-0.05, 0) is 110 Å². The number of rotatable bonds is 16. The number of esters is 1. The number of nitriles is 1. The van der Waals surface area contributed by atoms with Gasteiger partial charge in [0, 0.05) is 50.7 Å². The van der Waals surface area contributed by atoms with Crippen LogP contribution in [0.15, 0.2) is 108 Å². The fourth-order valence-corrected chi connectivity index (χ4v) is 9.69. The van der Waals surface area contributed by atoms with Gasteiger partial charge in [-0.25, -0.2) is 0 Å². The Labute approximate surface area is 373 Å². The van der Waals surface area contributed by atoms with Gasteiger partial charge >= 0.3 is 5.97 Å². The highest BCUT2D eigenvalue weighted by molar-refractivity contribution is 5.87. The van der Waals surface area contributed by atoms with Crippen LogP contribution in [0.2, 0.25) is 0 Å². The number of aromatic hydroxyl groups is 1. The summed E-state index contributed by atoms with van der Waals surface area (Å²) in [4.78, 5) is 62.1. The number of aliphatic hydroxyl groups is 1. The lowest BCUT2D eigenvalue weighted by atomic mass is 9.72. The summed E-state index contributed by atoms with van der Waals surface area (Å²) in [6, 6.07) is 32.8. The van der Waals surface area contributed by atoms with Crippen molar-refractivity contribution < 1.29 is 29.3 Å². The van der Waals surface area contributed by atoms with E-state index in [9.17, 15) is 34.7 Å². The number of nitrogens with one attached hydrogen (secondary N) is 2. The molecule has 0 spiro atoms. The summed E-state index contributed by atoms with van der Waals surface area (Å²) in [5.41, 5.74) is 3.64. The first-order chi connectivity index (χ1) is 31.1. The molecule has 13 nitrogen and oxygen atoms in total. The molecule has 1 aromatic heterocycles. The minimum atomic E-state index is -0.909. The zero-order valence-electron chi connectivity index (χ0n) is 36.1. The highest BCUT2D eigenvalue weighted by Gasteiger charge is 2.47. The van der Waals surface area contributed by atoms with Crippen LogP contribution in [0, 0.1) is 17.2 Å². The molecule has 0 radical (unpaired) electrons. The monoisotopic (exact) mass is 864 g/mol. The van der Waals surface area contributed by atoms with Gasteiger partial charge < -0.3 is 35.1 Å². The summed E-state index contributed by atoms with van der Waals surface area (Å²) in [6.45, 7) is 5.32. The summed E-state index contributed by atoms with van der Waals surface area (Å²) in [5, 5.41) is 34.5. The summed E-state index contributed by atoms with van der Waals surface area (Å²) in [6.07, 6.45) is 3.09. The third-order valence-electron chi connectivity index (χ3n) is 13.4. The molecule has 0 aliphatic carbocycles. The zero-order valence-corrected chi connectivity index (χ0v) is 36.1. The maximum atomic E-state index is 14.1. The SMILES string of the molecule is N#Cc1cccc(CN(CCCNCC(O)c2ccc(O)c3[nH]c(=O)ccc23)C(=O)Cc2ccc(CC(=O)N3CCC(C(=O)O[C@H]4CN5CCC4CC5)(c4ccccc4)CC3)cc2)c1. The van der Waals surface area contributed by atoms with E-state index in [1.807, 2.05) is 65.6 Å². The molecule has 5 heterocycles. The Morgan fingerprint density at radius 2 is 1.62 bits per heavy atom. The number of aliphatic hydroxyl groups excluding tert-OH is 1. The van der Waals surface area contributed by atoms with Crippen LogP contribution in [0.5, 0.6) is 5.75 Å².